The lowest BCUT2D eigenvalue weighted by atomic mass is 9.87. The van der Waals surface area contributed by atoms with E-state index in [1.165, 1.54) is 0 Å². The van der Waals surface area contributed by atoms with Crippen LogP contribution >= 0.6 is 0 Å². The first-order chi connectivity index (χ1) is 8.59. The molecule has 0 amide bonds. The third-order valence-corrected chi connectivity index (χ3v) is 3.08. The molecule has 19 heavy (non-hydrogen) atoms. The maximum atomic E-state index is 12.8. The van der Waals surface area contributed by atoms with Gasteiger partial charge in [-0.1, -0.05) is 0 Å². The summed E-state index contributed by atoms with van der Waals surface area (Å²) in [5.41, 5.74) is -0.597. The summed E-state index contributed by atoms with van der Waals surface area (Å²) < 4.78 is 43.6. The summed E-state index contributed by atoms with van der Waals surface area (Å²) in [4.78, 5) is 11.5. The van der Waals surface area contributed by atoms with Crippen LogP contribution in [0.25, 0.3) is 0 Å². The fraction of sp³-hybridized carbons (Fsp3) is 0.923. The molecule has 112 valence electrons. The zero-order chi connectivity index (χ0) is 14.7. The van der Waals surface area contributed by atoms with Crippen molar-refractivity contribution < 1.29 is 22.7 Å². The van der Waals surface area contributed by atoms with Crippen molar-refractivity contribution in [2.45, 2.75) is 64.3 Å². The van der Waals surface area contributed by atoms with Crippen LogP contribution in [0.4, 0.5) is 13.2 Å². The molecule has 1 N–H and O–H groups in total. The molecule has 1 saturated heterocycles. The van der Waals surface area contributed by atoms with E-state index in [2.05, 4.69) is 5.32 Å². The van der Waals surface area contributed by atoms with Gasteiger partial charge in [0, 0.05) is 12.5 Å². The molecule has 0 aromatic rings. The van der Waals surface area contributed by atoms with Gasteiger partial charge in [-0.15, -0.1) is 0 Å². The third-order valence-electron chi connectivity index (χ3n) is 3.08. The number of alkyl halides is 3. The van der Waals surface area contributed by atoms with E-state index in [0.29, 0.717) is 13.0 Å². The largest absolute Gasteiger partial charge is 0.460 e. The van der Waals surface area contributed by atoms with Gasteiger partial charge in [0.15, 0.2) is 0 Å². The Kier molecular flexibility index (Phi) is 5.24. The highest BCUT2D eigenvalue weighted by molar-refractivity contribution is 5.69. The first kappa shape index (κ1) is 16.3. The SMILES string of the molecule is CC(C)(C)OC(=O)CC[C@H]1NCCC[C@H]1C(F)(F)F. The molecule has 6 heteroatoms. The first-order valence-electron chi connectivity index (χ1n) is 6.61. The minimum atomic E-state index is -4.20. The third kappa shape index (κ3) is 5.80. The number of rotatable bonds is 3. The van der Waals surface area contributed by atoms with Gasteiger partial charge in [-0.25, -0.2) is 0 Å². The number of esters is 1. The quantitative estimate of drug-likeness (QED) is 0.808. The van der Waals surface area contributed by atoms with Gasteiger partial charge in [-0.05, 0) is 46.6 Å². The van der Waals surface area contributed by atoms with E-state index in [-0.39, 0.29) is 19.3 Å². The number of carbonyl (C=O) groups is 1. The van der Waals surface area contributed by atoms with Crippen molar-refractivity contribution in [1.82, 2.24) is 5.32 Å². The van der Waals surface area contributed by atoms with E-state index in [0.717, 1.165) is 0 Å². The molecule has 2 atom stereocenters. The summed E-state index contributed by atoms with van der Waals surface area (Å²) in [6.07, 6.45) is -3.37. The van der Waals surface area contributed by atoms with Crippen molar-refractivity contribution in [3.8, 4) is 0 Å². The molecule has 1 aliphatic rings. The van der Waals surface area contributed by atoms with Crippen LogP contribution in [0.2, 0.25) is 0 Å². The molecule has 1 fully saturated rings. The molecule has 0 radical (unpaired) electrons. The lowest BCUT2D eigenvalue weighted by Gasteiger charge is -2.34. The van der Waals surface area contributed by atoms with E-state index in [1.54, 1.807) is 20.8 Å². The summed E-state index contributed by atoms with van der Waals surface area (Å²) >= 11 is 0. The van der Waals surface area contributed by atoms with Crippen LogP contribution in [-0.2, 0) is 9.53 Å². The van der Waals surface area contributed by atoms with Crippen LogP contribution in [-0.4, -0.2) is 30.3 Å². The molecule has 1 aliphatic heterocycles. The molecular weight excluding hydrogens is 259 g/mol. The van der Waals surface area contributed by atoms with Gasteiger partial charge in [0.05, 0.1) is 5.92 Å². The molecule has 1 heterocycles. The van der Waals surface area contributed by atoms with Gasteiger partial charge >= 0.3 is 12.1 Å². The molecule has 1 rings (SSSR count). The fourth-order valence-electron chi connectivity index (χ4n) is 2.31. The standard InChI is InChI=1S/C13H22F3NO2/c1-12(2,3)19-11(18)7-6-10-9(13(14,15)16)5-4-8-17-10/h9-10,17H,4-8H2,1-3H3/t9-,10-/m1/s1. The Labute approximate surface area is 111 Å². The van der Waals surface area contributed by atoms with Gasteiger partial charge in [0.1, 0.15) is 5.60 Å². The summed E-state index contributed by atoms with van der Waals surface area (Å²) in [5.74, 6) is -1.80. The maximum Gasteiger partial charge on any atom is 0.393 e. The van der Waals surface area contributed by atoms with Gasteiger partial charge in [-0.3, -0.25) is 4.79 Å². The molecule has 3 nitrogen and oxygen atoms in total. The Balaban J connectivity index is 2.48. The van der Waals surface area contributed by atoms with Gasteiger partial charge in [0.2, 0.25) is 0 Å². The second-order valence-corrected chi connectivity index (χ2v) is 5.98. The van der Waals surface area contributed by atoms with E-state index >= 15 is 0 Å². The predicted molar refractivity (Wildman–Crippen MR) is 65.6 cm³/mol. The van der Waals surface area contributed by atoms with E-state index in [1.807, 2.05) is 0 Å². The monoisotopic (exact) mass is 281 g/mol. The molecule has 0 unspecified atom stereocenters. The normalized spacial score (nSPS) is 25.2. The smallest absolute Gasteiger partial charge is 0.393 e. The highest BCUT2D eigenvalue weighted by Crippen LogP contribution is 2.35. The van der Waals surface area contributed by atoms with E-state index in [9.17, 15) is 18.0 Å². The van der Waals surface area contributed by atoms with Crippen molar-refractivity contribution in [3.63, 3.8) is 0 Å². The number of nitrogens with one attached hydrogen (secondary N) is 1. The number of ether oxygens (including phenoxy) is 1. The maximum absolute atomic E-state index is 12.8. The molecule has 0 saturated carbocycles. The van der Waals surface area contributed by atoms with E-state index < -0.39 is 29.7 Å². The summed E-state index contributed by atoms with van der Waals surface area (Å²) in [6, 6.07) is -0.679. The van der Waals surface area contributed by atoms with Crippen molar-refractivity contribution in [3.05, 3.63) is 0 Å². The second kappa shape index (κ2) is 6.11. The lowest BCUT2D eigenvalue weighted by molar-refractivity contribution is -0.189. The van der Waals surface area contributed by atoms with Crippen molar-refractivity contribution in [2.24, 2.45) is 5.92 Å². The Morgan fingerprint density at radius 3 is 2.47 bits per heavy atom. The highest BCUT2D eigenvalue weighted by Gasteiger charge is 2.45. The first-order valence-corrected chi connectivity index (χ1v) is 6.61. The summed E-state index contributed by atoms with van der Waals surface area (Å²) in [6.45, 7) is 5.79. The van der Waals surface area contributed by atoms with Crippen LogP contribution in [0.1, 0.15) is 46.5 Å². The van der Waals surface area contributed by atoms with E-state index in [4.69, 9.17) is 4.74 Å². The van der Waals surface area contributed by atoms with Gasteiger partial charge < -0.3 is 10.1 Å². The Morgan fingerprint density at radius 1 is 1.32 bits per heavy atom. The predicted octanol–water partition coefficient (Wildman–Crippen LogP) is 3.04. The fourth-order valence-corrected chi connectivity index (χ4v) is 2.31. The molecule has 0 aliphatic carbocycles. The van der Waals surface area contributed by atoms with Crippen LogP contribution in [0, 0.1) is 5.92 Å². The van der Waals surface area contributed by atoms with Gasteiger partial charge in [0.25, 0.3) is 0 Å². The average Bonchev–Trinajstić information content (AvgIpc) is 2.23. The van der Waals surface area contributed by atoms with Crippen molar-refractivity contribution in [1.29, 1.82) is 0 Å². The molecule has 0 aromatic carbocycles. The minimum Gasteiger partial charge on any atom is -0.460 e. The van der Waals surface area contributed by atoms with Gasteiger partial charge in [-0.2, -0.15) is 13.2 Å². The number of carbonyl (C=O) groups excluding carboxylic acids is 1. The lowest BCUT2D eigenvalue weighted by Crippen LogP contribution is -2.47. The number of piperidine rings is 1. The van der Waals surface area contributed by atoms with Crippen molar-refractivity contribution >= 4 is 5.97 Å². The molecule has 0 spiro atoms. The minimum absolute atomic E-state index is 0.0154. The number of halogens is 3. The zero-order valence-corrected chi connectivity index (χ0v) is 11.6. The number of hydrogen-bond acceptors (Lipinski definition) is 3. The highest BCUT2D eigenvalue weighted by atomic mass is 19.4. The topological polar surface area (TPSA) is 38.3 Å². The Bertz CT molecular complexity index is 310. The van der Waals surface area contributed by atoms with Crippen LogP contribution in [0.5, 0.6) is 0 Å². The Morgan fingerprint density at radius 2 is 1.95 bits per heavy atom. The second-order valence-electron chi connectivity index (χ2n) is 5.98. The van der Waals surface area contributed by atoms with Crippen LogP contribution in [0.3, 0.4) is 0 Å². The number of hydrogen-bond donors (Lipinski definition) is 1. The summed E-state index contributed by atoms with van der Waals surface area (Å²) in [7, 11) is 0. The summed E-state index contributed by atoms with van der Waals surface area (Å²) in [5, 5.41) is 2.87. The van der Waals surface area contributed by atoms with Crippen LogP contribution < -0.4 is 5.32 Å². The molecule has 0 bridgehead atoms. The average molecular weight is 281 g/mol. The van der Waals surface area contributed by atoms with Crippen LogP contribution in [0.15, 0.2) is 0 Å². The molecule has 0 aromatic heterocycles. The Hall–Kier alpha value is -0.780. The zero-order valence-electron chi connectivity index (χ0n) is 11.6. The molecular formula is C13H22F3NO2. The van der Waals surface area contributed by atoms with Crippen molar-refractivity contribution in [2.75, 3.05) is 6.54 Å².